The van der Waals surface area contributed by atoms with Gasteiger partial charge in [-0.25, -0.2) is 0 Å². The molecule has 86 valence electrons. The van der Waals surface area contributed by atoms with Crippen molar-refractivity contribution in [3.05, 3.63) is 0 Å². The highest BCUT2D eigenvalue weighted by molar-refractivity contribution is 4.84. The van der Waals surface area contributed by atoms with Crippen molar-refractivity contribution in [1.82, 2.24) is 0 Å². The van der Waals surface area contributed by atoms with Gasteiger partial charge in [-0.3, -0.25) is 0 Å². The molecule has 0 aromatic heterocycles. The molecular formula is C11H22N4. The molecule has 0 bridgehead atoms. The van der Waals surface area contributed by atoms with Crippen molar-refractivity contribution in [3.63, 3.8) is 0 Å². The maximum atomic E-state index is 4.20. The van der Waals surface area contributed by atoms with Crippen LogP contribution in [0.3, 0.4) is 0 Å². The molecular weight excluding hydrogens is 188 g/mol. The molecule has 0 unspecified atom stereocenters. The van der Waals surface area contributed by atoms with E-state index in [1.54, 1.807) is 0 Å². The first-order chi connectivity index (χ1) is 7.33. The first-order valence-electron chi connectivity index (χ1n) is 6.17. The second kappa shape index (κ2) is 6.64. The quantitative estimate of drug-likeness (QED) is 0.522. The first-order valence-corrected chi connectivity index (χ1v) is 6.17. The van der Waals surface area contributed by atoms with Crippen molar-refractivity contribution in [2.24, 2.45) is 20.7 Å². The van der Waals surface area contributed by atoms with Gasteiger partial charge in [0.05, 0.1) is 0 Å². The summed E-state index contributed by atoms with van der Waals surface area (Å²) in [7, 11) is 0. The van der Waals surface area contributed by atoms with Gasteiger partial charge in [0.2, 0.25) is 0 Å². The molecule has 0 saturated carbocycles. The Hall–Kier alpha value is -0.800. The number of hydrogen-bond acceptors (Lipinski definition) is 4. The zero-order chi connectivity index (χ0) is 11.0. The van der Waals surface area contributed by atoms with Crippen LogP contribution in [0.25, 0.3) is 0 Å². The highest BCUT2D eigenvalue weighted by Crippen LogP contribution is 2.32. The predicted molar refractivity (Wildman–Crippen MR) is 60.7 cm³/mol. The summed E-state index contributed by atoms with van der Waals surface area (Å²) in [4.78, 5) is 0. The minimum absolute atomic E-state index is 0.287. The molecule has 4 nitrogen and oxygen atoms in total. The number of unbranched alkanes of at least 4 members (excludes halogenated alkanes) is 4. The van der Waals surface area contributed by atoms with Crippen molar-refractivity contribution in [2.75, 3.05) is 0 Å². The van der Waals surface area contributed by atoms with Gasteiger partial charge < -0.3 is 0 Å². The van der Waals surface area contributed by atoms with Gasteiger partial charge in [-0.15, -0.1) is 10.2 Å². The molecule has 0 aromatic carbocycles. The summed E-state index contributed by atoms with van der Waals surface area (Å²) in [6.45, 7) is 4.42. The third kappa shape index (κ3) is 4.06. The standard InChI is InChI=1S/C11H22N4/c1-3-5-7-9-11(10-8-6-4-2)12-14-15-13-11/h3-10H2,1-2H3. The third-order valence-corrected chi connectivity index (χ3v) is 2.86. The van der Waals surface area contributed by atoms with E-state index in [2.05, 4.69) is 34.5 Å². The first kappa shape index (κ1) is 12.3. The summed E-state index contributed by atoms with van der Waals surface area (Å²) < 4.78 is 0. The van der Waals surface area contributed by atoms with Crippen LogP contribution in [0.5, 0.6) is 0 Å². The minimum Gasteiger partial charge on any atom is -0.135 e. The lowest BCUT2D eigenvalue weighted by Crippen LogP contribution is -2.21. The topological polar surface area (TPSA) is 49.4 Å². The van der Waals surface area contributed by atoms with E-state index >= 15 is 0 Å². The van der Waals surface area contributed by atoms with E-state index in [0.717, 1.165) is 12.8 Å². The largest absolute Gasteiger partial charge is 0.195 e. The Morgan fingerprint density at radius 2 is 1.20 bits per heavy atom. The van der Waals surface area contributed by atoms with Crippen molar-refractivity contribution in [1.29, 1.82) is 0 Å². The van der Waals surface area contributed by atoms with Crippen molar-refractivity contribution in [2.45, 2.75) is 70.9 Å². The third-order valence-electron chi connectivity index (χ3n) is 2.86. The number of hydrogen-bond donors (Lipinski definition) is 0. The molecule has 0 spiro atoms. The van der Waals surface area contributed by atoms with Crippen molar-refractivity contribution < 1.29 is 0 Å². The summed E-state index contributed by atoms with van der Waals surface area (Å²) in [5.41, 5.74) is -0.287. The highest BCUT2D eigenvalue weighted by Gasteiger charge is 2.31. The average molecular weight is 210 g/mol. The van der Waals surface area contributed by atoms with E-state index in [0.29, 0.717) is 0 Å². The molecule has 4 heteroatoms. The molecule has 15 heavy (non-hydrogen) atoms. The maximum Gasteiger partial charge on any atom is 0.195 e. The Morgan fingerprint density at radius 3 is 1.60 bits per heavy atom. The fourth-order valence-electron chi connectivity index (χ4n) is 1.87. The van der Waals surface area contributed by atoms with E-state index in [9.17, 15) is 0 Å². The van der Waals surface area contributed by atoms with Crippen LogP contribution in [0.15, 0.2) is 20.7 Å². The fraction of sp³-hybridized carbons (Fsp3) is 1.00. The van der Waals surface area contributed by atoms with E-state index in [4.69, 9.17) is 0 Å². The smallest absolute Gasteiger partial charge is 0.135 e. The fourth-order valence-corrected chi connectivity index (χ4v) is 1.87. The molecule has 0 fully saturated rings. The van der Waals surface area contributed by atoms with E-state index in [1.165, 1.54) is 38.5 Å². The van der Waals surface area contributed by atoms with Crippen LogP contribution >= 0.6 is 0 Å². The Kier molecular flexibility index (Phi) is 5.43. The highest BCUT2D eigenvalue weighted by atomic mass is 15.6. The normalized spacial score (nSPS) is 17.5. The van der Waals surface area contributed by atoms with Crippen LogP contribution in [-0.2, 0) is 0 Å². The molecule has 0 N–H and O–H groups in total. The molecule has 1 aliphatic heterocycles. The second-order valence-electron chi connectivity index (χ2n) is 4.28. The lowest BCUT2D eigenvalue weighted by atomic mass is 9.96. The van der Waals surface area contributed by atoms with Gasteiger partial charge in [-0.05, 0) is 36.1 Å². The van der Waals surface area contributed by atoms with Crippen molar-refractivity contribution in [3.8, 4) is 0 Å². The number of nitrogens with zero attached hydrogens (tertiary/aromatic N) is 4. The molecule has 1 aliphatic rings. The van der Waals surface area contributed by atoms with Crippen molar-refractivity contribution >= 4 is 0 Å². The van der Waals surface area contributed by atoms with E-state index < -0.39 is 0 Å². The molecule has 0 saturated heterocycles. The zero-order valence-electron chi connectivity index (χ0n) is 9.95. The minimum atomic E-state index is -0.287. The predicted octanol–water partition coefficient (Wildman–Crippen LogP) is 4.68. The van der Waals surface area contributed by atoms with Gasteiger partial charge in [0.15, 0.2) is 5.66 Å². The van der Waals surface area contributed by atoms with Gasteiger partial charge in [0, 0.05) is 0 Å². The Bertz CT molecular complexity index is 199. The molecule has 0 radical (unpaired) electrons. The molecule has 1 heterocycles. The van der Waals surface area contributed by atoms with E-state index in [1.807, 2.05) is 0 Å². The maximum absolute atomic E-state index is 4.20. The Morgan fingerprint density at radius 1 is 0.733 bits per heavy atom. The summed E-state index contributed by atoms with van der Waals surface area (Å²) in [6, 6.07) is 0. The molecule has 0 aliphatic carbocycles. The average Bonchev–Trinajstić information content (AvgIpc) is 2.68. The van der Waals surface area contributed by atoms with Crippen LogP contribution in [0, 0.1) is 0 Å². The van der Waals surface area contributed by atoms with Gasteiger partial charge in [-0.2, -0.15) is 0 Å². The molecule has 1 rings (SSSR count). The lowest BCUT2D eigenvalue weighted by Gasteiger charge is -2.19. The van der Waals surface area contributed by atoms with Crippen LogP contribution < -0.4 is 0 Å². The summed E-state index contributed by atoms with van der Waals surface area (Å²) in [5.74, 6) is 0. The van der Waals surface area contributed by atoms with E-state index in [-0.39, 0.29) is 5.66 Å². The summed E-state index contributed by atoms with van der Waals surface area (Å²) in [5, 5.41) is 15.8. The van der Waals surface area contributed by atoms with Gasteiger partial charge in [0.1, 0.15) is 0 Å². The number of rotatable bonds is 8. The molecule has 0 aromatic rings. The summed E-state index contributed by atoms with van der Waals surface area (Å²) in [6.07, 6.45) is 9.36. The summed E-state index contributed by atoms with van der Waals surface area (Å²) >= 11 is 0. The van der Waals surface area contributed by atoms with Gasteiger partial charge in [0.25, 0.3) is 0 Å². The monoisotopic (exact) mass is 210 g/mol. The Labute approximate surface area is 92.2 Å². The lowest BCUT2D eigenvalue weighted by molar-refractivity contribution is 0.350. The van der Waals surface area contributed by atoms with Gasteiger partial charge >= 0.3 is 0 Å². The van der Waals surface area contributed by atoms with Crippen LogP contribution in [0.4, 0.5) is 0 Å². The SMILES string of the molecule is CCCCCC1(CCCCC)N=NN=N1. The second-order valence-corrected chi connectivity index (χ2v) is 4.28. The molecule has 0 amide bonds. The van der Waals surface area contributed by atoms with Gasteiger partial charge in [-0.1, -0.05) is 39.5 Å². The Balaban J connectivity index is 2.34. The van der Waals surface area contributed by atoms with Crippen LogP contribution in [-0.4, -0.2) is 5.66 Å². The molecule has 0 atom stereocenters. The van der Waals surface area contributed by atoms with Crippen LogP contribution in [0.2, 0.25) is 0 Å². The zero-order valence-corrected chi connectivity index (χ0v) is 9.95. The van der Waals surface area contributed by atoms with Crippen LogP contribution in [0.1, 0.15) is 65.2 Å².